The van der Waals surface area contributed by atoms with E-state index in [1.54, 1.807) is 0 Å². The first-order valence-electron chi connectivity index (χ1n) is 6.39. The average Bonchev–Trinajstić information content (AvgIpc) is 2.78. The summed E-state index contributed by atoms with van der Waals surface area (Å²) in [6.07, 6.45) is 3.46. The zero-order valence-corrected chi connectivity index (χ0v) is 11.5. The van der Waals surface area contributed by atoms with Crippen LogP contribution >= 0.6 is 11.5 Å². The molecule has 0 spiro atoms. The summed E-state index contributed by atoms with van der Waals surface area (Å²) in [5.41, 5.74) is 0. The van der Waals surface area contributed by atoms with E-state index >= 15 is 0 Å². The van der Waals surface area contributed by atoms with E-state index in [-0.39, 0.29) is 12.0 Å². The van der Waals surface area contributed by atoms with Crippen molar-refractivity contribution >= 4 is 22.6 Å². The van der Waals surface area contributed by atoms with E-state index in [0.29, 0.717) is 12.3 Å². The lowest BCUT2D eigenvalue weighted by Crippen LogP contribution is -2.30. The SMILES string of the molecule is CC(C)c1nsc(NC2CCCC(C(=O)O)C2)n1. The lowest BCUT2D eigenvalue weighted by Gasteiger charge is -2.26. The second-order valence-electron chi connectivity index (χ2n) is 5.16. The van der Waals surface area contributed by atoms with Gasteiger partial charge in [0.25, 0.3) is 0 Å². The summed E-state index contributed by atoms with van der Waals surface area (Å²) >= 11 is 1.36. The first kappa shape index (κ1) is 13.3. The highest BCUT2D eigenvalue weighted by Gasteiger charge is 2.27. The highest BCUT2D eigenvalue weighted by atomic mass is 32.1. The first-order valence-corrected chi connectivity index (χ1v) is 7.16. The Balaban J connectivity index is 1.94. The minimum Gasteiger partial charge on any atom is -0.481 e. The number of aliphatic carboxylic acids is 1. The molecule has 2 N–H and O–H groups in total. The molecule has 2 atom stereocenters. The topological polar surface area (TPSA) is 75.1 Å². The molecule has 2 unspecified atom stereocenters. The average molecular weight is 269 g/mol. The van der Waals surface area contributed by atoms with Crippen molar-refractivity contribution < 1.29 is 9.90 Å². The molecule has 18 heavy (non-hydrogen) atoms. The summed E-state index contributed by atoms with van der Waals surface area (Å²) in [6.45, 7) is 4.12. The Kier molecular flexibility index (Phi) is 4.16. The third-order valence-corrected chi connectivity index (χ3v) is 3.97. The van der Waals surface area contributed by atoms with E-state index in [1.165, 1.54) is 11.5 Å². The van der Waals surface area contributed by atoms with E-state index in [4.69, 9.17) is 5.11 Å². The molecular weight excluding hydrogens is 250 g/mol. The van der Waals surface area contributed by atoms with E-state index in [1.807, 2.05) is 0 Å². The maximum Gasteiger partial charge on any atom is 0.306 e. The molecule has 1 fully saturated rings. The summed E-state index contributed by atoms with van der Waals surface area (Å²) in [5.74, 6) is 0.290. The Morgan fingerprint density at radius 1 is 1.50 bits per heavy atom. The van der Waals surface area contributed by atoms with Gasteiger partial charge in [0.2, 0.25) is 5.13 Å². The van der Waals surface area contributed by atoms with Gasteiger partial charge in [-0.25, -0.2) is 4.98 Å². The van der Waals surface area contributed by atoms with Crippen molar-refractivity contribution in [2.24, 2.45) is 5.92 Å². The number of anilines is 1. The number of hydrogen-bond acceptors (Lipinski definition) is 5. The van der Waals surface area contributed by atoms with Crippen LogP contribution in [0.15, 0.2) is 0 Å². The molecule has 0 amide bonds. The van der Waals surface area contributed by atoms with Crippen molar-refractivity contribution in [3.05, 3.63) is 5.82 Å². The standard InChI is InChI=1S/C12H19N3O2S/c1-7(2)10-14-12(18-15-10)13-9-5-3-4-8(6-9)11(16)17/h7-9H,3-6H2,1-2H3,(H,16,17)(H,13,14,15). The van der Waals surface area contributed by atoms with Crippen LogP contribution in [0, 0.1) is 5.92 Å². The Morgan fingerprint density at radius 3 is 2.89 bits per heavy atom. The van der Waals surface area contributed by atoms with Crippen LogP contribution in [-0.2, 0) is 4.79 Å². The molecule has 1 aliphatic rings. The van der Waals surface area contributed by atoms with E-state index in [2.05, 4.69) is 28.5 Å². The highest BCUT2D eigenvalue weighted by Crippen LogP contribution is 2.28. The van der Waals surface area contributed by atoms with Crippen molar-refractivity contribution in [3.63, 3.8) is 0 Å². The normalized spacial score (nSPS) is 24.2. The van der Waals surface area contributed by atoms with Crippen molar-refractivity contribution in [1.82, 2.24) is 9.36 Å². The third kappa shape index (κ3) is 3.19. The van der Waals surface area contributed by atoms with Crippen LogP contribution in [0.4, 0.5) is 5.13 Å². The Bertz CT molecular complexity index is 419. The molecule has 6 heteroatoms. The van der Waals surface area contributed by atoms with Crippen LogP contribution in [0.3, 0.4) is 0 Å². The summed E-state index contributed by atoms with van der Waals surface area (Å²) in [7, 11) is 0. The molecule has 0 bridgehead atoms. The molecule has 100 valence electrons. The maximum absolute atomic E-state index is 11.0. The van der Waals surface area contributed by atoms with Crippen molar-refractivity contribution in [3.8, 4) is 0 Å². The minimum atomic E-state index is -0.679. The second-order valence-corrected chi connectivity index (χ2v) is 5.91. The number of rotatable bonds is 4. The summed E-state index contributed by atoms with van der Waals surface area (Å²) in [5, 5.41) is 13.2. The lowest BCUT2D eigenvalue weighted by molar-refractivity contribution is -0.142. The van der Waals surface area contributed by atoms with Crippen LogP contribution < -0.4 is 5.32 Å². The second kappa shape index (κ2) is 5.65. The fourth-order valence-electron chi connectivity index (χ4n) is 2.25. The molecule has 0 aliphatic heterocycles. The number of nitrogens with zero attached hydrogens (tertiary/aromatic N) is 2. The lowest BCUT2D eigenvalue weighted by atomic mass is 9.86. The van der Waals surface area contributed by atoms with Gasteiger partial charge in [-0.2, -0.15) is 4.37 Å². The molecule has 1 saturated carbocycles. The van der Waals surface area contributed by atoms with E-state index in [9.17, 15) is 4.79 Å². The van der Waals surface area contributed by atoms with Crippen LogP contribution in [0.1, 0.15) is 51.3 Å². The van der Waals surface area contributed by atoms with Crippen molar-refractivity contribution in [2.75, 3.05) is 5.32 Å². The van der Waals surface area contributed by atoms with Gasteiger partial charge in [0.05, 0.1) is 5.92 Å². The molecule has 0 radical (unpaired) electrons. The zero-order chi connectivity index (χ0) is 13.1. The van der Waals surface area contributed by atoms with Crippen LogP contribution in [0.5, 0.6) is 0 Å². The predicted octanol–water partition coefficient (Wildman–Crippen LogP) is 2.72. The Morgan fingerprint density at radius 2 is 2.28 bits per heavy atom. The molecule has 0 aromatic carbocycles. The smallest absolute Gasteiger partial charge is 0.306 e. The molecule has 2 rings (SSSR count). The molecule has 1 aliphatic carbocycles. The fraction of sp³-hybridized carbons (Fsp3) is 0.750. The zero-order valence-electron chi connectivity index (χ0n) is 10.7. The van der Waals surface area contributed by atoms with Crippen molar-refractivity contribution in [2.45, 2.75) is 51.5 Å². The number of carboxylic acid groups (broad SMARTS) is 1. The molecule has 1 aromatic heterocycles. The molecule has 1 aromatic rings. The number of nitrogens with one attached hydrogen (secondary N) is 1. The molecular formula is C12H19N3O2S. The van der Waals surface area contributed by atoms with Gasteiger partial charge in [-0.05, 0) is 19.3 Å². The molecule has 0 saturated heterocycles. The largest absolute Gasteiger partial charge is 0.481 e. The predicted molar refractivity (Wildman–Crippen MR) is 71.0 cm³/mol. The van der Waals surface area contributed by atoms with Gasteiger partial charge in [-0.15, -0.1) is 0 Å². The van der Waals surface area contributed by atoms with Gasteiger partial charge in [0.15, 0.2) is 0 Å². The quantitative estimate of drug-likeness (QED) is 0.879. The van der Waals surface area contributed by atoms with E-state index in [0.717, 1.165) is 30.2 Å². The summed E-state index contributed by atoms with van der Waals surface area (Å²) in [6, 6.07) is 0.216. The highest BCUT2D eigenvalue weighted by molar-refractivity contribution is 7.09. The van der Waals surface area contributed by atoms with Crippen LogP contribution in [0.2, 0.25) is 0 Å². The van der Waals surface area contributed by atoms with Gasteiger partial charge in [-0.1, -0.05) is 20.3 Å². The molecule has 5 nitrogen and oxygen atoms in total. The number of aromatic nitrogens is 2. The summed E-state index contributed by atoms with van der Waals surface area (Å²) < 4.78 is 4.29. The van der Waals surface area contributed by atoms with Gasteiger partial charge in [0, 0.05) is 23.5 Å². The number of carbonyl (C=O) groups is 1. The Hall–Kier alpha value is -1.17. The van der Waals surface area contributed by atoms with Crippen LogP contribution in [-0.4, -0.2) is 26.5 Å². The monoisotopic (exact) mass is 269 g/mol. The third-order valence-electron chi connectivity index (χ3n) is 3.31. The maximum atomic E-state index is 11.0. The fourth-order valence-corrected chi connectivity index (χ4v) is 3.03. The summed E-state index contributed by atoms with van der Waals surface area (Å²) in [4.78, 5) is 15.4. The van der Waals surface area contributed by atoms with Gasteiger partial charge in [-0.3, -0.25) is 4.79 Å². The van der Waals surface area contributed by atoms with E-state index < -0.39 is 5.97 Å². The Labute approximate surface area is 111 Å². The van der Waals surface area contributed by atoms with Crippen LogP contribution in [0.25, 0.3) is 0 Å². The van der Waals surface area contributed by atoms with Gasteiger partial charge in [0.1, 0.15) is 5.82 Å². The number of carboxylic acids is 1. The van der Waals surface area contributed by atoms with Gasteiger partial charge >= 0.3 is 5.97 Å². The van der Waals surface area contributed by atoms with Gasteiger partial charge < -0.3 is 10.4 Å². The first-order chi connectivity index (χ1) is 8.56. The number of hydrogen-bond donors (Lipinski definition) is 2. The molecule has 1 heterocycles. The minimum absolute atomic E-state index is 0.214. The van der Waals surface area contributed by atoms with Crippen molar-refractivity contribution in [1.29, 1.82) is 0 Å².